The third kappa shape index (κ3) is 4.08. The Morgan fingerprint density at radius 1 is 1.30 bits per heavy atom. The van der Waals surface area contributed by atoms with E-state index < -0.39 is 32.5 Å². The summed E-state index contributed by atoms with van der Waals surface area (Å²) in [6.45, 7) is 1.51. The third-order valence-electron chi connectivity index (χ3n) is 2.89. The molecule has 0 aliphatic rings. The van der Waals surface area contributed by atoms with Gasteiger partial charge in [-0.3, -0.25) is 4.79 Å². The van der Waals surface area contributed by atoms with Crippen LogP contribution in [0.2, 0.25) is 0 Å². The maximum absolute atomic E-state index is 13.1. The molecule has 112 valence electrons. The molecule has 0 fully saturated rings. The van der Waals surface area contributed by atoms with Gasteiger partial charge >= 0.3 is 0 Å². The molecule has 0 amide bonds. The van der Waals surface area contributed by atoms with Crippen LogP contribution in [0.4, 0.5) is 8.78 Å². The molecule has 0 aliphatic carbocycles. The lowest BCUT2D eigenvalue weighted by Gasteiger charge is -2.12. The fraction of sp³-hybridized carbons (Fsp3) is 0.462. The monoisotopic (exact) mass is 306 g/mol. The minimum atomic E-state index is -3.65. The summed E-state index contributed by atoms with van der Waals surface area (Å²) in [5.74, 6) is -3.21. The summed E-state index contributed by atoms with van der Waals surface area (Å²) in [7, 11) is -2.20. The number of ketones is 1. The first kappa shape index (κ1) is 16.7. The lowest BCUT2D eigenvalue weighted by atomic mass is 10.1. The number of Topliss-reactive ketones (excluding diaryl/α,β-unsaturated/α-hetero) is 1. The molecule has 1 unspecified atom stereocenters. The van der Waals surface area contributed by atoms with Gasteiger partial charge in [-0.15, -0.1) is 0 Å². The zero-order valence-electron chi connectivity index (χ0n) is 11.2. The summed E-state index contributed by atoms with van der Waals surface area (Å²) in [6, 6.07) is 2.58. The van der Waals surface area contributed by atoms with Gasteiger partial charge in [0, 0.05) is 19.3 Å². The van der Waals surface area contributed by atoms with E-state index in [-0.39, 0.29) is 24.3 Å². The average molecular weight is 306 g/mol. The highest BCUT2D eigenvalue weighted by molar-refractivity contribution is 7.92. The first-order valence-corrected chi connectivity index (χ1v) is 7.71. The number of ether oxygens (including phenoxy) is 1. The molecule has 0 aromatic heterocycles. The van der Waals surface area contributed by atoms with E-state index in [1.807, 2.05) is 0 Å². The summed E-state index contributed by atoms with van der Waals surface area (Å²) >= 11 is 0. The SMILES string of the molecule is COCCCS(=O)(=O)C(C)C(=O)c1ccc(F)c(F)c1. The van der Waals surface area contributed by atoms with E-state index in [4.69, 9.17) is 4.74 Å². The van der Waals surface area contributed by atoms with Gasteiger partial charge in [0.2, 0.25) is 0 Å². The van der Waals surface area contributed by atoms with E-state index >= 15 is 0 Å². The van der Waals surface area contributed by atoms with E-state index in [2.05, 4.69) is 0 Å². The van der Waals surface area contributed by atoms with Crippen molar-refractivity contribution in [3.63, 3.8) is 0 Å². The van der Waals surface area contributed by atoms with Crippen molar-refractivity contribution in [3.8, 4) is 0 Å². The van der Waals surface area contributed by atoms with Crippen molar-refractivity contribution in [2.24, 2.45) is 0 Å². The zero-order chi connectivity index (χ0) is 15.3. The van der Waals surface area contributed by atoms with Gasteiger partial charge in [-0.1, -0.05) is 0 Å². The van der Waals surface area contributed by atoms with Crippen molar-refractivity contribution in [1.82, 2.24) is 0 Å². The summed E-state index contributed by atoms with van der Waals surface area (Å²) in [5.41, 5.74) is -0.160. The first-order chi connectivity index (χ1) is 9.29. The van der Waals surface area contributed by atoms with Crippen molar-refractivity contribution in [2.75, 3.05) is 19.5 Å². The van der Waals surface area contributed by atoms with Crippen LogP contribution >= 0.6 is 0 Å². The van der Waals surface area contributed by atoms with Crippen LogP contribution in [0.15, 0.2) is 18.2 Å². The molecule has 1 aromatic carbocycles. The highest BCUT2D eigenvalue weighted by atomic mass is 32.2. The molecule has 20 heavy (non-hydrogen) atoms. The van der Waals surface area contributed by atoms with E-state index in [1.165, 1.54) is 14.0 Å². The summed E-state index contributed by atoms with van der Waals surface area (Å²) in [4.78, 5) is 12.0. The van der Waals surface area contributed by atoms with Gasteiger partial charge in [-0.05, 0) is 31.5 Å². The van der Waals surface area contributed by atoms with Crippen LogP contribution in [-0.2, 0) is 14.6 Å². The maximum Gasteiger partial charge on any atom is 0.180 e. The molecule has 0 aliphatic heterocycles. The highest BCUT2D eigenvalue weighted by Gasteiger charge is 2.28. The van der Waals surface area contributed by atoms with Gasteiger partial charge in [-0.25, -0.2) is 17.2 Å². The van der Waals surface area contributed by atoms with Crippen molar-refractivity contribution < 1.29 is 26.7 Å². The topological polar surface area (TPSA) is 60.4 Å². The number of hydrogen-bond donors (Lipinski definition) is 0. The van der Waals surface area contributed by atoms with Crippen molar-refractivity contribution in [2.45, 2.75) is 18.6 Å². The van der Waals surface area contributed by atoms with Crippen LogP contribution in [0.1, 0.15) is 23.7 Å². The largest absolute Gasteiger partial charge is 0.385 e. The molecule has 0 radical (unpaired) electrons. The molecular weight excluding hydrogens is 290 g/mol. The van der Waals surface area contributed by atoms with Crippen LogP contribution in [-0.4, -0.2) is 38.9 Å². The molecule has 0 N–H and O–H groups in total. The predicted molar refractivity (Wildman–Crippen MR) is 70.4 cm³/mol. The third-order valence-corrected chi connectivity index (χ3v) is 5.04. The Bertz CT molecular complexity index is 584. The molecule has 1 rings (SSSR count). The highest BCUT2D eigenvalue weighted by Crippen LogP contribution is 2.15. The Hall–Kier alpha value is -1.34. The number of hydrogen-bond acceptors (Lipinski definition) is 4. The molecule has 1 aromatic rings. The number of rotatable bonds is 7. The van der Waals surface area contributed by atoms with Crippen molar-refractivity contribution in [1.29, 1.82) is 0 Å². The van der Waals surface area contributed by atoms with E-state index in [9.17, 15) is 22.0 Å². The van der Waals surface area contributed by atoms with Crippen LogP contribution in [0.25, 0.3) is 0 Å². The maximum atomic E-state index is 13.1. The number of carbonyl (C=O) groups is 1. The Kier molecular flexibility index (Phi) is 5.76. The van der Waals surface area contributed by atoms with Gasteiger partial charge < -0.3 is 4.74 Å². The first-order valence-electron chi connectivity index (χ1n) is 5.99. The van der Waals surface area contributed by atoms with E-state index in [0.29, 0.717) is 6.07 Å². The minimum Gasteiger partial charge on any atom is -0.385 e. The summed E-state index contributed by atoms with van der Waals surface area (Å²) < 4.78 is 54.4. The normalized spacial score (nSPS) is 13.2. The Morgan fingerprint density at radius 3 is 2.50 bits per heavy atom. The fourth-order valence-corrected chi connectivity index (χ4v) is 2.96. The Labute approximate surface area is 116 Å². The van der Waals surface area contributed by atoms with Crippen molar-refractivity contribution in [3.05, 3.63) is 35.4 Å². The minimum absolute atomic E-state index is 0.160. The molecule has 0 heterocycles. The number of carbonyl (C=O) groups excluding carboxylic acids is 1. The van der Waals surface area contributed by atoms with Crippen LogP contribution in [0, 0.1) is 11.6 Å². The second-order valence-electron chi connectivity index (χ2n) is 4.35. The predicted octanol–water partition coefficient (Wildman–Crippen LogP) is 1.99. The van der Waals surface area contributed by atoms with Crippen LogP contribution in [0.5, 0.6) is 0 Å². The standard InChI is InChI=1S/C13H16F2O4S/c1-9(20(17,18)7-3-6-19-2)13(16)10-4-5-11(14)12(15)8-10/h4-5,8-9H,3,6-7H2,1-2H3. The second kappa shape index (κ2) is 6.90. The van der Waals surface area contributed by atoms with Crippen LogP contribution in [0.3, 0.4) is 0 Å². The van der Waals surface area contributed by atoms with E-state index in [1.54, 1.807) is 0 Å². The van der Waals surface area contributed by atoms with Gasteiger partial charge in [0.15, 0.2) is 27.3 Å². The van der Waals surface area contributed by atoms with Crippen molar-refractivity contribution >= 4 is 15.6 Å². The average Bonchev–Trinajstić information content (AvgIpc) is 2.40. The lowest BCUT2D eigenvalue weighted by molar-refractivity contribution is 0.0990. The van der Waals surface area contributed by atoms with Crippen LogP contribution < -0.4 is 0 Å². The van der Waals surface area contributed by atoms with Gasteiger partial charge in [0.25, 0.3) is 0 Å². The molecule has 0 saturated carbocycles. The molecule has 0 spiro atoms. The Morgan fingerprint density at radius 2 is 1.95 bits per heavy atom. The molecule has 0 saturated heterocycles. The second-order valence-corrected chi connectivity index (χ2v) is 6.79. The smallest absolute Gasteiger partial charge is 0.180 e. The molecule has 4 nitrogen and oxygen atoms in total. The number of sulfone groups is 1. The lowest BCUT2D eigenvalue weighted by Crippen LogP contribution is -2.30. The molecule has 1 atom stereocenters. The molecule has 7 heteroatoms. The zero-order valence-corrected chi connectivity index (χ0v) is 12.0. The molecule has 0 bridgehead atoms. The van der Waals surface area contributed by atoms with Gasteiger partial charge in [0.1, 0.15) is 5.25 Å². The van der Waals surface area contributed by atoms with Gasteiger partial charge in [0.05, 0.1) is 5.75 Å². The number of halogens is 2. The van der Waals surface area contributed by atoms with E-state index in [0.717, 1.165) is 12.1 Å². The Balaban J connectivity index is 2.87. The number of benzene rings is 1. The number of methoxy groups -OCH3 is 1. The quantitative estimate of drug-likeness (QED) is 0.571. The van der Waals surface area contributed by atoms with Gasteiger partial charge in [-0.2, -0.15) is 0 Å². The fourth-order valence-electron chi connectivity index (χ4n) is 1.63. The molecular formula is C13H16F2O4S. The summed E-state index contributed by atoms with van der Waals surface area (Å²) in [5, 5.41) is -1.30. The summed E-state index contributed by atoms with van der Waals surface area (Å²) in [6.07, 6.45) is 0.272.